The Labute approximate surface area is 106 Å². The fourth-order valence-electron chi connectivity index (χ4n) is 1.78. The van der Waals surface area contributed by atoms with Crippen molar-refractivity contribution in [3.8, 4) is 0 Å². The number of rotatable bonds is 7. The van der Waals surface area contributed by atoms with Crippen LogP contribution in [-0.4, -0.2) is 12.6 Å². The largest absolute Gasteiger partial charge is 0.314 e. The first kappa shape index (κ1) is 14.0. The summed E-state index contributed by atoms with van der Waals surface area (Å²) in [5.41, 5.74) is 2.93. The molecule has 0 saturated heterocycles. The van der Waals surface area contributed by atoms with Gasteiger partial charge < -0.3 is 5.32 Å². The second-order valence-corrected chi connectivity index (χ2v) is 4.93. The lowest BCUT2D eigenvalue weighted by atomic mass is 10.1. The molecule has 1 nitrogen and oxygen atoms in total. The van der Waals surface area contributed by atoms with E-state index in [1.807, 2.05) is 0 Å². The Bertz CT molecular complexity index is 325. The first-order chi connectivity index (χ1) is 8.18. The molecule has 1 N–H and O–H groups in total. The van der Waals surface area contributed by atoms with Gasteiger partial charge in [-0.2, -0.15) is 0 Å². The van der Waals surface area contributed by atoms with Gasteiger partial charge in [-0.25, -0.2) is 0 Å². The Morgan fingerprint density at radius 3 is 2.59 bits per heavy atom. The molecule has 0 aliphatic heterocycles. The molecule has 0 spiro atoms. The number of benzene rings is 1. The second kappa shape index (κ2) is 8.08. The summed E-state index contributed by atoms with van der Waals surface area (Å²) in [5, 5.41) is 3.43. The molecule has 0 aliphatic rings. The van der Waals surface area contributed by atoms with E-state index in [4.69, 9.17) is 0 Å². The summed E-state index contributed by atoms with van der Waals surface area (Å²) in [6.07, 6.45) is 5.82. The summed E-state index contributed by atoms with van der Waals surface area (Å²) < 4.78 is 0. The fourth-order valence-corrected chi connectivity index (χ4v) is 1.78. The van der Waals surface area contributed by atoms with E-state index in [1.54, 1.807) is 0 Å². The summed E-state index contributed by atoms with van der Waals surface area (Å²) in [4.78, 5) is 0. The van der Waals surface area contributed by atoms with E-state index in [9.17, 15) is 0 Å². The van der Waals surface area contributed by atoms with Crippen LogP contribution in [0, 0.1) is 0 Å². The fraction of sp³-hybridized carbons (Fsp3) is 0.500. The molecule has 17 heavy (non-hydrogen) atoms. The lowest BCUT2D eigenvalue weighted by Gasteiger charge is -2.06. The van der Waals surface area contributed by atoms with E-state index < -0.39 is 0 Å². The van der Waals surface area contributed by atoms with Crippen LogP contribution in [0.15, 0.2) is 42.0 Å². The van der Waals surface area contributed by atoms with Crippen LogP contribution in [0.1, 0.15) is 39.2 Å². The minimum absolute atomic E-state index is 0.591. The van der Waals surface area contributed by atoms with Gasteiger partial charge in [0.25, 0.3) is 0 Å². The minimum Gasteiger partial charge on any atom is -0.314 e. The SMILES string of the molecule is CC(=CCCNC(C)C)CCc1ccccc1. The van der Waals surface area contributed by atoms with Crippen LogP contribution in [0.25, 0.3) is 0 Å². The van der Waals surface area contributed by atoms with Crippen molar-refractivity contribution in [2.75, 3.05) is 6.54 Å². The lowest BCUT2D eigenvalue weighted by Crippen LogP contribution is -2.23. The van der Waals surface area contributed by atoms with Crippen molar-refractivity contribution in [2.24, 2.45) is 0 Å². The van der Waals surface area contributed by atoms with Crippen molar-refractivity contribution in [1.29, 1.82) is 0 Å². The van der Waals surface area contributed by atoms with Crippen LogP contribution in [0.3, 0.4) is 0 Å². The van der Waals surface area contributed by atoms with E-state index in [0.29, 0.717) is 6.04 Å². The quantitative estimate of drug-likeness (QED) is 0.553. The Kier molecular flexibility index (Phi) is 6.64. The number of allylic oxidation sites excluding steroid dienone is 1. The predicted molar refractivity (Wildman–Crippen MR) is 76.3 cm³/mol. The predicted octanol–water partition coefficient (Wildman–Crippen LogP) is 3.95. The molecule has 0 unspecified atom stereocenters. The molecule has 0 bridgehead atoms. The molecule has 0 aliphatic carbocycles. The van der Waals surface area contributed by atoms with Crippen LogP contribution in [0.5, 0.6) is 0 Å². The summed E-state index contributed by atoms with van der Waals surface area (Å²) >= 11 is 0. The van der Waals surface area contributed by atoms with Crippen LogP contribution in [0.4, 0.5) is 0 Å². The summed E-state index contributed by atoms with van der Waals surface area (Å²) in [5.74, 6) is 0. The van der Waals surface area contributed by atoms with Gasteiger partial charge in [-0.3, -0.25) is 0 Å². The maximum absolute atomic E-state index is 3.43. The third kappa shape index (κ3) is 6.96. The van der Waals surface area contributed by atoms with Gasteiger partial charge in [-0.05, 0) is 38.3 Å². The smallest absolute Gasteiger partial charge is 0.00105 e. The van der Waals surface area contributed by atoms with E-state index in [2.05, 4.69) is 62.5 Å². The van der Waals surface area contributed by atoms with Gasteiger partial charge in [0.05, 0.1) is 0 Å². The Morgan fingerprint density at radius 1 is 1.24 bits per heavy atom. The maximum Gasteiger partial charge on any atom is 0.00105 e. The summed E-state index contributed by atoms with van der Waals surface area (Å²) in [7, 11) is 0. The van der Waals surface area contributed by atoms with Crippen LogP contribution < -0.4 is 5.32 Å². The van der Waals surface area contributed by atoms with E-state index in [1.165, 1.54) is 17.6 Å². The molecule has 0 atom stereocenters. The van der Waals surface area contributed by atoms with Crippen molar-refractivity contribution in [1.82, 2.24) is 5.32 Å². The van der Waals surface area contributed by atoms with E-state index in [0.717, 1.165) is 19.4 Å². The minimum atomic E-state index is 0.591. The van der Waals surface area contributed by atoms with E-state index >= 15 is 0 Å². The summed E-state index contributed by atoms with van der Waals surface area (Å²) in [6.45, 7) is 7.69. The zero-order valence-corrected chi connectivity index (χ0v) is 11.4. The first-order valence-corrected chi connectivity index (χ1v) is 6.61. The standard InChI is InChI=1S/C16H25N/c1-14(2)17-13-7-8-15(3)11-12-16-9-5-4-6-10-16/h4-6,8-10,14,17H,7,11-13H2,1-3H3. The molecular formula is C16H25N. The number of aryl methyl sites for hydroxylation is 1. The van der Waals surface area contributed by atoms with Gasteiger partial charge in [-0.1, -0.05) is 55.8 Å². The van der Waals surface area contributed by atoms with Gasteiger partial charge in [-0.15, -0.1) is 0 Å². The molecule has 0 heterocycles. The third-order valence-corrected chi connectivity index (χ3v) is 2.84. The molecule has 1 aromatic carbocycles. The van der Waals surface area contributed by atoms with Crippen LogP contribution in [0.2, 0.25) is 0 Å². The van der Waals surface area contributed by atoms with Gasteiger partial charge in [0.1, 0.15) is 0 Å². The van der Waals surface area contributed by atoms with Crippen molar-refractivity contribution in [3.05, 3.63) is 47.5 Å². The van der Waals surface area contributed by atoms with Crippen LogP contribution >= 0.6 is 0 Å². The molecule has 0 saturated carbocycles. The maximum atomic E-state index is 3.43. The monoisotopic (exact) mass is 231 g/mol. The molecule has 0 aromatic heterocycles. The highest BCUT2D eigenvalue weighted by atomic mass is 14.9. The van der Waals surface area contributed by atoms with Gasteiger partial charge in [0, 0.05) is 6.04 Å². The topological polar surface area (TPSA) is 12.0 Å². The number of hydrogen-bond acceptors (Lipinski definition) is 1. The van der Waals surface area contributed by atoms with Crippen LogP contribution in [-0.2, 0) is 6.42 Å². The molecule has 94 valence electrons. The Morgan fingerprint density at radius 2 is 1.94 bits per heavy atom. The van der Waals surface area contributed by atoms with Crippen molar-refractivity contribution in [2.45, 2.75) is 46.1 Å². The molecule has 1 aromatic rings. The van der Waals surface area contributed by atoms with Gasteiger partial charge >= 0.3 is 0 Å². The normalized spacial score (nSPS) is 12.1. The van der Waals surface area contributed by atoms with Crippen molar-refractivity contribution in [3.63, 3.8) is 0 Å². The molecule has 1 rings (SSSR count). The van der Waals surface area contributed by atoms with Gasteiger partial charge in [0.2, 0.25) is 0 Å². The highest BCUT2D eigenvalue weighted by Crippen LogP contribution is 2.08. The zero-order valence-electron chi connectivity index (χ0n) is 11.4. The molecule has 1 heteroatoms. The number of nitrogens with one attached hydrogen (secondary N) is 1. The first-order valence-electron chi connectivity index (χ1n) is 6.61. The second-order valence-electron chi connectivity index (χ2n) is 4.93. The van der Waals surface area contributed by atoms with Crippen molar-refractivity contribution < 1.29 is 0 Å². The molecule has 0 fully saturated rings. The zero-order chi connectivity index (χ0) is 12.5. The molecule has 0 amide bonds. The summed E-state index contributed by atoms with van der Waals surface area (Å²) in [6, 6.07) is 11.3. The van der Waals surface area contributed by atoms with Crippen molar-refractivity contribution >= 4 is 0 Å². The average molecular weight is 231 g/mol. The Balaban J connectivity index is 2.20. The Hall–Kier alpha value is -1.08. The highest BCUT2D eigenvalue weighted by Gasteiger charge is 1.94. The molecule has 0 radical (unpaired) electrons. The third-order valence-electron chi connectivity index (χ3n) is 2.84. The average Bonchev–Trinajstić information content (AvgIpc) is 2.33. The molecular weight excluding hydrogens is 206 g/mol. The number of hydrogen-bond donors (Lipinski definition) is 1. The highest BCUT2D eigenvalue weighted by molar-refractivity contribution is 5.16. The lowest BCUT2D eigenvalue weighted by molar-refractivity contribution is 0.594. The van der Waals surface area contributed by atoms with E-state index in [-0.39, 0.29) is 0 Å². The van der Waals surface area contributed by atoms with Gasteiger partial charge in [0.15, 0.2) is 0 Å².